The van der Waals surface area contributed by atoms with Crippen LogP contribution in [0.5, 0.6) is 5.75 Å². The Kier molecular flexibility index (Phi) is 5.26. The molecule has 164 valence electrons. The molecule has 1 aromatic heterocycles. The summed E-state index contributed by atoms with van der Waals surface area (Å²) in [7, 11) is 1.68. The normalized spacial score (nSPS) is 19.5. The second-order valence-corrected chi connectivity index (χ2v) is 7.65. The predicted molar refractivity (Wildman–Crippen MR) is 107 cm³/mol. The quantitative estimate of drug-likeness (QED) is 0.664. The zero-order valence-electron chi connectivity index (χ0n) is 17.0. The molecular formula is C21H22F2N4O4. The van der Waals surface area contributed by atoms with Gasteiger partial charge in [-0.05, 0) is 26.5 Å². The molecule has 0 radical (unpaired) electrons. The molecule has 2 aliphatic rings. The van der Waals surface area contributed by atoms with Crippen LogP contribution in [0, 0.1) is 11.6 Å². The minimum absolute atomic E-state index is 0.0465. The summed E-state index contributed by atoms with van der Waals surface area (Å²) >= 11 is 0. The number of aromatic hydroxyl groups is 1. The van der Waals surface area contributed by atoms with Gasteiger partial charge in [-0.3, -0.25) is 14.4 Å². The highest BCUT2D eigenvalue weighted by atomic mass is 19.1. The van der Waals surface area contributed by atoms with Crippen molar-refractivity contribution in [3.8, 4) is 5.75 Å². The molecule has 1 aromatic carbocycles. The summed E-state index contributed by atoms with van der Waals surface area (Å²) in [5, 5.41) is 16.1. The number of nitrogens with one attached hydrogen (secondary N) is 2. The van der Waals surface area contributed by atoms with E-state index in [1.165, 1.54) is 6.07 Å². The van der Waals surface area contributed by atoms with Crippen LogP contribution in [0.3, 0.4) is 0 Å². The number of amides is 2. The molecule has 0 saturated carbocycles. The lowest BCUT2D eigenvalue weighted by atomic mass is 10.0. The number of likely N-dealkylation sites (N-methyl/N-ethyl adjacent to an activating group) is 1. The summed E-state index contributed by atoms with van der Waals surface area (Å²) in [6.07, 6.45) is 0.531. The number of carbonyl (C=O) groups is 2. The number of rotatable bonds is 5. The average Bonchev–Trinajstić information content (AvgIpc) is 3.10. The van der Waals surface area contributed by atoms with Gasteiger partial charge in [-0.25, -0.2) is 8.78 Å². The number of carbonyl (C=O) groups excluding carboxylic acids is 2. The van der Waals surface area contributed by atoms with Gasteiger partial charge in [0.2, 0.25) is 5.43 Å². The van der Waals surface area contributed by atoms with Crippen LogP contribution in [0.25, 0.3) is 0 Å². The van der Waals surface area contributed by atoms with Crippen molar-refractivity contribution in [3.05, 3.63) is 62.6 Å². The molecule has 0 aliphatic carbocycles. The minimum Gasteiger partial charge on any atom is -0.503 e. The van der Waals surface area contributed by atoms with Crippen LogP contribution in [0.1, 0.15) is 57.5 Å². The molecule has 0 fully saturated rings. The lowest BCUT2D eigenvalue weighted by Gasteiger charge is -2.33. The Labute approximate surface area is 176 Å². The molecule has 4 rings (SSSR count). The van der Waals surface area contributed by atoms with Crippen LogP contribution in [0.4, 0.5) is 8.78 Å². The van der Waals surface area contributed by atoms with Crippen LogP contribution in [0.2, 0.25) is 0 Å². The number of hydrogen-bond acceptors (Lipinski definition) is 5. The summed E-state index contributed by atoms with van der Waals surface area (Å²) in [6, 6.07) is 2.38. The van der Waals surface area contributed by atoms with E-state index in [0.29, 0.717) is 31.3 Å². The van der Waals surface area contributed by atoms with Crippen LogP contribution in [0.15, 0.2) is 23.0 Å². The largest absolute Gasteiger partial charge is 0.503 e. The number of pyridine rings is 1. The Hall–Kier alpha value is -3.27. The highest BCUT2D eigenvalue weighted by Gasteiger charge is 2.44. The summed E-state index contributed by atoms with van der Waals surface area (Å²) in [5.41, 5.74) is -0.984. The van der Waals surface area contributed by atoms with Crippen molar-refractivity contribution in [2.75, 3.05) is 20.1 Å². The summed E-state index contributed by atoms with van der Waals surface area (Å²) in [4.78, 5) is 40.3. The monoisotopic (exact) mass is 432 g/mol. The van der Waals surface area contributed by atoms with Gasteiger partial charge >= 0.3 is 0 Å². The van der Waals surface area contributed by atoms with Crippen molar-refractivity contribution in [1.29, 1.82) is 0 Å². The predicted octanol–water partition coefficient (Wildman–Crippen LogP) is 1.44. The second-order valence-electron chi connectivity index (χ2n) is 7.65. The van der Waals surface area contributed by atoms with E-state index in [4.69, 9.17) is 0 Å². The molecule has 31 heavy (non-hydrogen) atoms. The van der Waals surface area contributed by atoms with Crippen molar-refractivity contribution in [1.82, 2.24) is 20.1 Å². The summed E-state index contributed by atoms with van der Waals surface area (Å²) in [6.45, 7) is 2.36. The molecule has 0 saturated heterocycles. The molecule has 8 nitrogen and oxygen atoms in total. The first-order chi connectivity index (χ1) is 14.8. The average molecular weight is 432 g/mol. The zero-order chi connectivity index (χ0) is 22.4. The number of hydrogen-bond donors (Lipinski definition) is 3. The Morgan fingerprint density at radius 2 is 2.03 bits per heavy atom. The molecule has 3 heterocycles. The number of aromatic nitrogens is 1. The molecule has 2 atom stereocenters. The van der Waals surface area contributed by atoms with E-state index in [1.54, 1.807) is 16.5 Å². The maximum atomic E-state index is 13.9. The standard InChI is InChI=1S/C21H22F2N4O4/c1-3-26-9-12-7-14(24-2)16-15(18(28)19(29)17(21(26)31)27(12)16)20(30)25-8-10-4-5-11(22)6-13(10)23/h4-6,12,14,24,29H,3,7-9H2,1-2H3,(H,25,30)/t12-,14+/m0/s1. The summed E-state index contributed by atoms with van der Waals surface area (Å²) < 4.78 is 28.6. The molecule has 0 bridgehead atoms. The Balaban J connectivity index is 1.77. The van der Waals surface area contributed by atoms with Crippen molar-refractivity contribution in [3.63, 3.8) is 0 Å². The van der Waals surface area contributed by atoms with Gasteiger partial charge in [0.1, 0.15) is 17.2 Å². The zero-order valence-corrected chi connectivity index (χ0v) is 17.0. The van der Waals surface area contributed by atoms with Crippen molar-refractivity contribution in [2.24, 2.45) is 0 Å². The lowest BCUT2D eigenvalue weighted by Crippen LogP contribution is -2.44. The number of halogens is 2. The molecule has 0 unspecified atom stereocenters. The third-order valence-corrected chi connectivity index (χ3v) is 5.96. The lowest BCUT2D eigenvalue weighted by molar-refractivity contribution is 0.0675. The first kappa shape index (κ1) is 21.0. The van der Waals surface area contributed by atoms with Gasteiger partial charge in [0.05, 0.1) is 17.8 Å². The van der Waals surface area contributed by atoms with Gasteiger partial charge in [-0.1, -0.05) is 6.07 Å². The van der Waals surface area contributed by atoms with E-state index < -0.39 is 34.6 Å². The Bertz CT molecular complexity index is 1150. The third kappa shape index (κ3) is 3.27. The van der Waals surface area contributed by atoms with Crippen molar-refractivity contribution in [2.45, 2.75) is 32.0 Å². The van der Waals surface area contributed by atoms with Crippen LogP contribution in [-0.2, 0) is 6.54 Å². The minimum atomic E-state index is -0.953. The van der Waals surface area contributed by atoms with E-state index in [-0.39, 0.29) is 35.4 Å². The van der Waals surface area contributed by atoms with E-state index in [0.717, 1.165) is 6.07 Å². The van der Waals surface area contributed by atoms with Crippen LogP contribution in [-0.4, -0.2) is 46.5 Å². The van der Waals surface area contributed by atoms with Gasteiger partial charge in [-0.2, -0.15) is 0 Å². The van der Waals surface area contributed by atoms with Crippen LogP contribution < -0.4 is 16.1 Å². The third-order valence-electron chi connectivity index (χ3n) is 5.96. The maximum absolute atomic E-state index is 13.9. The molecule has 2 aromatic rings. The molecule has 2 amide bonds. The van der Waals surface area contributed by atoms with Gasteiger partial charge in [0, 0.05) is 31.3 Å². The van der Waals surface area contributed by atoms with E-state index in [2.05, 4.69) is 10.6 Å². The van der Waals surface area contributed by atoms with Crippen molar-refractivity contribution < 1.29 is 23.5 Å². The molecule has 2 aliphatic heterocycles. The summed E-state index contributed by atoms with van der Waals surface area (Å²) in [5.74, 6) is -3.61. The molecule has 10 heteroatoms. The van der Waals surface area contributed by atoms with Crippen LogP contribution >= 0.6 is 0 Å². The first-order valence-corrected chi connectivity index (χ1v) is 9.98. The van der Waals surface area contributed by atoms with Crippen molar-refractivity contribution >= 4 is 11.8 Å². The number of nitrogens with zero attached hydrogens (tertiary/aromatic N) is 2. The Morgan fingerprint density at radius 3 is 2.68 bits per heavy atom. The molecular weight excluding hydrogens is 410 g/mol. The highest BCUT2D eigenvalue weighted by Crippen LogP contribution is 2.41. The van der Waals surface area contributed by atoms with Gasteiger partial charge < -0.3 is 25.2 Å². The fourth-order valence-electron chi connectivity index (χ4n) is 4.43. The Morgan fingerprint density at radius 1 is 1.29 bits per heavy atom. The first-order valence-electron chi connectivity index (χ1n) is 9.98. The molecule has 0 spiro atoms. The smallest absolute Gasteiger partial charge is 0.274 e. The van der Waals surface area contributed by atoms with Gasteiger partial charge in [0.25, 0.3) is 11.8 Å². The fraction of sp³-hybridized carbons (Fsp3) is 0.381. The maximum Gasteiger partial charge on any atom is 0.274 e. The SMILES string of the molecule is CCN1C[C@@H]2C[C@@H](NC)c3c(C(=O)NCc4ccc(F)cc4F)c(=O)c(O)c(n32)C1=O. The highest BCUT2D eigenvalue weighted by molar-refractivity contribution is 6.00. The fourth-order valence-corrected chi connectivity index (χ4v) is 4.43. The van der Waals surface area contributed by atoms with E-state index in [9.17, 15) is 28.3 Å². The second kappa shape index (κ2) is 7.77. The number of benzene rings is 1. The van der Waals surface area contributed by atoms with E-state index in [1.807, 2.05) is 6.92 Å². The van der Waals surface area contributed by atoms with Gasteiger partial charge in [0.15, 0.2) is 11.4 Å². The van der Waals surface area contributed by atoms with E-state index >= 15 is 0 Å². The van der Waals surface area contributed by atoms with Gasteiger partial charge in [-0.15, -0.1) is 0 Å². The topological polar surface area (TPSA) is 104 Å². The molecule has 3 N–H and O–H groups in total.